The molecule has 0 aliphatic heterocycles. The Morgan fingerprint density at radius 3 is 2.61 bits per heavy atom. The van der Waals surface area contributed by atoms with Crippen molar-refractivity contribution in [3.63, 3.8) is 0 Å². The molecular formula is C21H17N5O4S. The molecule has 9 nitrogen and oxygen atoms in total. The molecule has 0 aliphatic carbocycles. The van der Waals surface area contributed by atoms with E-state index in [9.17, 15) is 8.42 Å². The van der Waals surface area contributed by atoms with Gasteiger partial charge in [0.1, 0.15) is 28.2 Å². The van der Waals surface area contributed by atoms with Gasteiger partial charge in [-0.25, -0.2) is 4.98 Å². The average Bonchev–Trinajstić information content (AvgIpc) is 3.43. The van der Waals surface area contributed by atoms with Gasteiger partial charge in [0.05, 0.1) is 26.6 Å². The molecule has 0 aliphatic rings. The smallest absolute Gasteiger partial charge is 0.301 e. The number of fused-ring (bicyclic) bond motifs is 2. The Labute approximate surface area is 177 Å². The standard InChI is InChI=1S/C21H17N5O4S/c1-29-15-6-7-19(30-2)16(10-15)14-9-18-17(22-11-14)12-24-26(18)31(27,28)21-13-23-20-5-3-4-8-25(20)21/h3-13H,1-2H3. The highest BCUT2D eigenvalue weighted by molar-refractivity contribution is 7.90. The number of hydrogen-bond acceptors (Lipinski definition) is 7. The van der Waals surface area contributed by atoms with Crippen LogP contribution in [-0.2, 0) is 10.0 Å². The fourth-order valence-corrected chi connectivity index (χ4v) is 4.80. The van der Waals surface area contributed by atoms with E-state index < -0.39 is 10.0 Å². The van der Waals surface area contributed by atoms with Gasteiger partial charge in [0.15, 0.2) is 5.03 Å². The second kappa shape index (κ2) is 7.10. The lowest BCUT2D eigenvalue weighted by Crippen LogP contribution is -2.16. The number of methoxy groups -OCH3 is 2. The topological polar surface area (TPSA) is 101 Å². The first-order chi connectivity index (χ1) is 15.0. The molecule has 0 saturated carbocycles. The third-order valence-corrected chi connectivity index (χ3v) is 6.56. The van der Waals surface area contributed by atoms with Gasteiger partial charge in [0, 0.05) is 23.5 Å². The van der Waals surface area contributed by atoms with Crippen LogP contribution in [0.3, 0.4) is 0 Å². The summed E-state index contributed by atoms with van der Waals surface area (Å²) in [6.45, 7) is 0. The maximum atomic E-state index is 13.4. The highest BCUT2D eigenvalue weighted by atomic mass is 32.2. The van der Waals surface area contributed by atoms with Gasteiger partial charge >= 0.3 is 10.0 Å². The first kappa shape index (κ1) is 19.1. The highest BCUT2D eigenvalue weighted by Crippen LogP contribution is 2.34. The molecule has 1 aromatic carbocycles. The van der Waals surface area contributed by atoms with E-state index in [-0.39, 0.29) is 5.03 Å². The molecule has 0 radical (unpaired) electrons. The summed E-state index contributed by atoms with van der Waals surface area (Å²) in [6, 6.07) is 12.4. The Morgan fingerprint density at radius 1 is 0.935 bits per heavy atom. The zero-order valence-corrected chi connectivity index (χ0v) is 17.4. The van der Waals surface area contributed by atoms with Gasteiger partial charge in [-0.15, -0.1) is 0 Å². The Bertz CT molecular complexity index is 1540. The summed E-state index contributed by atoms with van der Waals surface area (Å²) in [4.78, 5) is 8.58. The van der Waals surface area contributed by atoms with Crippen molar-refractivity contribution in [2.24, 2.45) is 0 Å². The fraction of sp³-hybridized carbons (Fsp3) is 0.0952. The molecule has 5 aromatic rings. The molecule has 156 valence electrons. The number of rotatable bonds is 5. The van der Waals surface area contributed by atoms with Crippen LogP contribution in [0.25, 0.3) is 27.8 Å². The van der Waals surface area contributed by atoms with E-state index in [0.29, 0.717) is 33.7 Å². The van der Waals surface area contributed by atoms with E-state index in [1.807, 2.05) is 0 Å². The van der Waals surface area contributed by atoms with Gasteiger partial charge in [0.2, 0.25) is 0 Å². The normalized spacial score (nSPS) is 11.8. The summed E-state index contributed by atoms with van der Waals surface area (Å²) < 4.78 is 40.1. The quantitative estimate of drug-likeness (QED) is 0.418. The van der Waals surface area contributed by atoms with Crippen molar-refractivity contribution in [3.8, 4) is 22.6 Å². The van der Waals surface area contributed by atoms with Crippen LogP contribution < -0.4 is 9.47 Å². The Balaban J connectivity index is 1.70. The molecule has 4 heterocycles. The zero-order valence-electron chi connectivity index (χ0n) is 16.6. The summed E-state index contributed by atoms with van der Waals surface area (Å²) in [5, 5.41) is 4.12. The van der Waals surface area contributed by atoms with E-state index in [1.165, 1.54) is 16.8 Å². The molecule has 0 atom stereocenters. The van der Waals surface area contributed by atoms with Crippen molar-refractivity contribution in [2.45, 2.75) is 5.03 Å². The minimum Gasteiger partial charge on any atom is -0.497 e. The minimum atomic E-state index is -4.02. The predicted octanol–water partition coefficient (Wildman–Crippen LogP) is 3.00. The first-order valence-corrected chi connectivity index (χ1v) is 10.7. The van der Waals surface area contributed by atoms with E-state index in [1.54, 1.807) is 69.1 Å². The minimum absolute atomic E-state index is 0.0115. The number of nitrogens with zero attached hydrogens (tertiary/aromatic N) is 5. The Morgan fingerprint density at radius 2 is 1.81 bits per heavy atom. The predicted molar refractivity (Wildman–Crippen MR) is 114 cm³/mol. The number of pyridine rings is 2. The van der Waals surface area contributed by atoms with Crippen molar-refractivity contribution in [1.82, 2.24) is 23.6 Å². The van der Waals surface area contributed by atoms with Crippen LogP contribution in [0.5, 0.6) is 11.5 Å². The molecule has 5 rings (SSSR count). The molecular weight excluding hydrogens is 418 g/mol. The lowest BCUT2D eigenvalue weighted by molar-refractivity contribution is 0.404. The largest absolute Gasteiger partial charge is 0.497 e. The van der Waals surface area contributed by atoms with Crippen molar-refractivity contribution in [2.75, 3.05) is 14.2 Å². The summed E-state index contributed by atoms with van der Waals surface area (Å²) in [5.74, 6) is 1.25. The van der Waals surface area contributed by atoms with E-state index >= 15 is 0 Å². The van der Waals surface area contributed by atoms with E-state index in [2.05, 4.69) is 15.1 Å². The van der Waals surface area contributed by atoms with Gasteiger partial charge in [-0.2, -0.15) is 17.6 Å². The number of hydrogen-bond donors (Lipinski definition) is 0. The Kier molecular flexibility index (Phi) is 4.36. The monoisotopic (exact) mass is 435 g/mol. The number of ether oxygens (including phenoxy) is 2. The molecule has 31 heavy (non-hydrogen) atoms. The van der Waals surface area contributed by atoms with Crippen molar-refractivity contribution in [1.29, 1.82) is 0 Å². The third-order valence-electron chi connectivity index (χ3n) is 4.98. The van der Waals surface area contributed by atoms with Crippen LogP contribution in [-0.4, -0.2) is 46.2 Å². The molecule has 0 saturated heterocycles. The van der Waals surface area contributed by atoms with Gasteiger partial charge in [0.25, 0.3) is 0 Å². The van der Waals surface area contributed by atoms with Gasteiger partial charge in [-0.05, 0) is 36.4 Å². The second-order valence-corrected chi connectivity index (χ2v) is 8.43. The van der Waals surface area contributed by atoms with Crippen LogP contribution in [0.1, 0.15) is 0 Å². The van der Waals surface area contributed by atoms with Crippen LogP contribution in [0.2, 0.25) is 0 Å². The molecule has 0 N–H and O–H groups in total. The van der Waals surface area contributed by atoms with Crippen LogP contribution >= 0.6 is 0 Å². The summed E-state index contributed by atoms with van der Waals surface area (Å²) in [6.07, 6.45) is 6.03. The maximum Gasteiger partial charge on any atom is 0.301 e. The van der Waals surface area contributed by atoms with Crippen LogP contribution in [0.4, 0.5) is 0 Å². The maximum absolute atomic E-state index is 13.4. The SMILES string of the molecule is COc1ccc(OC)c(-c2cnc3cnn(S(=O)(=O)c4cnc5ccccn45)c3c2)c1. The molecule has 0 spiro atoms. The lowest BCUT2D eigenvalue weighted by atomic mass is 10.1. The fourth-order valence-electron chi connectivity index (χ4n) is 3.45. The van der Waals surface area contributed by atoms with Crippen molar-refractivity contribution >= 4 is 26.7 Å². The van der Waals surface area contributed by atoms with Crippen LogP contribution in [0, 0.1) is 0 Å². The lowest BCUT2D eigenvalue weighted by Gasteiger charge is -2.11. The summed E-state index contributed by atoms with van der Waals surface area (Å²) in [5.41, 5.74) is 2.70. The summed E-state index contributed by atoms with van der Waals surface area (Å²) >= 11 is 0. The summed E-state index contributed by atoms with van der Waals surface area (Å²) in [7, 11) is -0.883. The Hall–Kier alpha value is -3.92. The van der Waals surface area contributed by atoms with Crippen LogP contribution in [0.15, 0.2) is 72.3 Å². The molecule has 10 heteroatoms. The zero-order chi connectivity index (χ0) is 21.6. The molecule has 0 fully saturated rings. The van der Waals surface area contributed by atoms with Gasteiger partial charge in [-0.3, -0.25) is 9.38 Å². The second-order valence-electron chi connectivity index (χ2n) is 6.71. The van der Waals surface area contributed by atoms with E-state index in [0.717, 1.165) is 9.65 Å². The number of imidazole rings is 1. The molecule has 0 bridgehead atoms. The van der Waals surface area contributed by atoms with Crippen molar-refractivity contribution < 1.29 is 17.9 Å². The highest BCUT2D eigenvalue weighted by Gasteiger charge is 2.25. The molecule has 4 aromatic heterocycles. The van der Waals surface area contributed by atoms with Crippen molar-refractivity contribution in [3.05, 3.63) is 67.3 Å². The molecule has 0 amide bonds. The number of benzene rings is 1. The first-order valence-electron chi connectivity index (χ1n) is 9.27. The number of aromatic nitrogens is 5. The molecule has 0 unspecified atom stereocenters. The third kappa shape index (κ3) is 2.99. The average molecular weight is 435 g/mol. The van der Waals surface area contributed by atoms with E-state index in [4.69, 9.17) is 9.47 Å². The van der Waals surface area contributed by atoms with Gasteiger partial charge < -0.3 is 9.47 Å². The van der Waals surface area contributed by atoms with Gasteiger partial charge in [-0.1, -0.05) is 6.07 Å².